The molecule has 0 radical (unpaired) electrons. The number of pyridine rings is 1. The Morgan fingerprint density at radius 2 is 2.05 bits per heavy atom. The topological polar surface area (TPSA) is 54.7 Å². The molecule has 0 atom stereocenters. The second kappa shape index (κ2) is 5.02. The van der Waals surface area contributed by atoms with Gasteiger partial charge in [-0.3, -0.25) is 4.40 Å². The SMILES string of the molecule is CCC(C)(C)N(C)S(=O)(=O)c1c(Cl)nc2ccccn12. The van der Waals surface area contributed by atoms with E-state index in [-0.39, 0.29) is 10.2 Å². The standard InChI is InChI=1S/C13H18ClN3O2S/c1-5-13(2,3)16(4)20(18,19)12-11(14)15-10-8-6-7-9-17(10)12/h6-9H,5H2,1-4H3. The Kier molecular flexibility index (Phi) is 3.83. The molecule has 2 heterocycles. The summed E-state index contributed by atoms with van der Waals surface area (Å²) in [6, 6.07) is 5.25. The first-order valence-corrected chi connectivity index (χ1v) is 8.15. The molecule has 0 saturated carbocycles. The molecule has 0 unspecified atom stereocenters. The number of rotatable bonds is 4. The summed E-state index contributed by atoms with van der Waals surface area (Å²) in [7, 11) is -2.15. The van der Waals surface area contributed by atoms with E-state index >= 15 is 0 Å². The number of hydrogen-bond acceptors (Lipinski definition) is 3. The van der Waals surface area contributed by atoms with Crippen LogP contribution in [0, 0.1) is 0 Å². The van der Waals surface area contributed by atoms with Gasteiger partial charge in [0.25, 0.3) is 10.0 Å². The highest BCUT2D eigenvalue weighted by molar-refractivity contribution is 7.89. The largest absolute Gasteiger partial charge is 0.288 e. The van der Waals surface area contributed by atoms with Gasteiger partial charge < -0.3 is 0 Å². The molecule has 0 spiro atoms. The molecule has 20 heavy (non-hydrogen) atoms. The van der Waals surface area contributed by atoms with E-state index in [1.165, 1.54) is 8.71 Å². The van der Waals surface area contributed by atoms with Gasteiger partial charge in [-0.2, -0.15) is 4.31 Å². The van der Waals surface area contributed by atoms with Gasteiger partial charge in [-0.15, -0.1) is 0 Å². The lowest BCUT2D eigenvalue weighted by Gasteiger charge is -2.33. The molecule has 2 aromatic rings. The minimum Gasteiger partial charge on any atom is -0.288 e. The molecule has 2 aromatic heterocycles. The van der Waals surface area contributed by atoms with Crippen molar-refractivity contribution in [3.8, 4) is 0 Å². The average molecular weight is 316 g/mol. The van der Waals surface area contributed by atoms with Crippen LogP contribution in [0.1, 0.15) is 27.2 Å². The Labute approximate surface area is 124 Å². The van der Waals surface area contributed by atoms with Gasteiger partial charge in [0, 0.05) is 18.8 Å². The number of halogens is 1. The van der Waals surface area contributed by atoms with Crippen molar-refractivity contribution >= 4 is 27.3 Å². The molecule has 0 bridgehead atoms. The normalized spacial score (nSPS) is 13.3. The van der Waals surface area contributed by atoms with Crippen molar-refractivity contribution in [3.63, 3.8) is 0 Å². The van der Waals surface area contributed by atoms with Crippen LogP contribution in [0.15, 0.2) is 29.4 Å². The molecule has 0 aromatic carbocycles. The summed E-state index contributed by atoms with van der Waals surface area (Å²) in [6.45, 7) is 5.70. The van der Waals surface area contributed by atoms with E-state index in [0.29, 0.717) is 12.1 Å². The van der Waals surface area contributed by atoms with Crippen LogP contribution in [0.3, 0.4) is 0 Å². The van der Waals surface area contributed by atoms with Gasteiger partial charge in [0.15, 0.2) is 10.2 Å². The molecule has 5 nitrogen and oxygen atoms in total. The fourth-order valence-corrected chi connectivity index (χ4v) is 4.02. The van der Waals surface area contributed by atoms with Gasteiger partial charge in [0.2, 0.25) is 0 Å². The number of sulfonamides is 1. The summed E-state index contributed by atoms with van der Waals surface area (Å²) in [5.41, 5.74) is 0.0138. The maximum Gasteiger partial charge on any atom is 0.262 e. The highest BCUT2D eigenvalue weighted by Gasteiger charge is 2.36. The molecule has 7 heteroatoms. The van der Waals surface area contributed by atoms with Crippen molar-refractivity contribution in [1.82, 2.24) is 13.7 Å². The predicted molar refractivity (Wildman–Crippen MR) is 79.5 cm³/mol. The predicted octanol–water partition coefficient (Wildman–Crippen LogP) is 2.80. The summed E-state index contributed by atoms with van der Waals surface area (Å²) in [5, 5.41) is 0.00810. The molecule has 0 aliphatic rings. The minimum atomic E-state index is -3.72. The quantitative estimate of drug-likeness (QED) is 0.871. The fourth-order valence-electron chi connectivity index (χ4n) is 1.85. The highest BCUT2D eigenvalue weighted by atomic mass is 35.5. The number of fused-ring (bicyclic) bond motifs is 1. The van der Waals surface area contributed by atoms with E-state index in [0.717, 1.165) is 0 Å². The van der Waals surface area contributed by atoms with Crippen LogP contribution in [0.2, 0.25) is 5.15 Å². The van der Waals surface area contributed by atoms with E-state index in [9.17, 15) is 8.42 Å². The van der Waals surface area contributed by atoms with Gasteiger partial charge in [0.05, 0.1) is 0 Å². The van der Waals surface area contributed by atoms with Crippen molar-refractivity contribution < 1.29 is 8.42 Å². The second-order valence-electron chi connectivity index (χ2n) is 5.28. The molecule has 0 aliphatic carbocycles. The maximum absolute atomic E-state index is 12.8. The lowest BCUT2D eigenvalue weighted by molar-refractivity contribution is 0.256. The molecule has 0 amide bonds. The van der Waals surface area contributed by atoms with Crippen molar-refractivity contribution in [2.24, 2.45) is 0 Å². The molecule has 0 fully saturated rings. The van der Waals surface area contributed by atoms with Crippen molar-refractivity contribution in [1.29, 1.82) is 0 Å². The van der Waals surface area contributed by atoms with E-state index in [2.05, 4.69) is 4.98 Å². The molecule has 0 N–H and O–H groups in total. The van der Waals surface area contributed by atoms with Gasteiger partial charge in [-0.25, -0.2) is 13.4 Å². The maximum atomic E-state index is 12.8. The lowest BCUT2D eigenvalue weighted by atomic mass is 10.0. The Bertz CT molecular complexity index is 737. The van der Waals surface area contributed by atoms with Crippen LogP contribution in [0.5, 0.6) is 0 Å². The molecular weight excluding hydrogens is 298 g/mol. The average Bonchev–Trinajstić information content (AvgIpc) is 2.74. The third kappa shape index (κ3) is 2.32. The Morgan fingerprint density at radius 3 is 2.65 bits per heavy atom. The van der Waals surface area contributed by atoms with E-state index in [4.69, 9.17) is 11.6 Å². The third-order valence-corrected chi connectivity index (χ3v) is 6.24. The van der Waals surface area contributed by atoms with Crippen molar-refractivity contribution in [3.05, 3.63) is 29.5 Å². The van der Waals surface area contributed by atoms with Gasteiger partial charge in [0.1, 0.15) is 5.65 Å². The van der Waals surface area contributed by atoms with E-state index in [1.807, 2.05) is 20.8 Å². The highest BCUT2D eigenvalue weighted by Crippen LogP contribution is 2.29. The Balaban J connectivity index is 2.67. The number of imidazole rings is 1. The van der Waals surface area contributed by atoms with Crippen LogP contribution in [-0.4, -0.2) is 34.7 Å². The van der Waals surface area contributed by atoms with Crippen LogP contribution < -0.4 is 0 Å². The summed E-state index contributed by atoms with van der Waals surface area (Å²) < 4.78 is 28.5. The zero-order valence-corrected chi connectivity index (χ0v) is 13.5. The summed E-state index contributed by atoms with van der Waals surface area (Å²) >= 11 is 6.05. The van der Waals surface area contributed by atoms with Crippen LogP contribution in [0.4, 0.5) is 0 Å². The lowest BCUT2D eigenvalue weighted by Crippen LogP contribution is -2.44. The third-order valence-electron chi connectivity index (χ3n) is 3.77. The molecule has 0 saturated heterocycles. The molecule has 0 aliphatic heterocycles. The summed E-state index contributed by atoms with van der Waals surface area (Å²) in [6.07, 6.45) is 2.34. The first kappa shape index (κ1) is 15.3. The summed E-state index contributed by atoms with van der Waals surface area (Å²) in [5.74, 6) is 0. The van der Waals surface area contributed by atoms with E-state index in [1.54, 1.807) is 31.4 Å². The Morgan fingerprint density at radius 1 is 1.40 bits per heavy atom. The van der Waals surface area contributed by atoms with Gasteiger partial charge >= 0.3 is 0 Å². The summed E-state index contributed by atoms with van der Waals surface area (Å²) in [4.78, 5) is 4.09. The fraction of sp³-hybridized carbons (Fsp3) is 0.462. The zero-order chi connectivity index (χ0) is 15.1. The molecular formula is C13H18ClN3O2S. The van der Waals surface area contributed by atoms with Crippen LogP contribution >= 0.6 is 11.6 Å². The smallest absolute Gasteiger partial charge is 0.262 e. The first-order valence-electron chi connectivity index (χ1n) is 6.33. The van der Waals surface area contributed by atoms with E-state index < -0.39 is 15.6 Å². The Hall–Kier alpha value is -1.11. The monoisotopic (exact) mass is 315 g/mol. The zero-order valence-electron chi connectivity index (χ0n) is 12.0. The number of aromatic nitrogens is 2. The molecule has 2 rings (SSSR count). The van der Waals surface area contributed by atoms with Crippen LogP contribution in [0.25, 0.3) is 5.65 Å². The minimum absolute atomic E-state index is 0.00467. The van der Waals surface area contributed by atoms with Crippen LogP contribution in [-0.2, 0) is 10.0 Å². The molecule has 110 valence electrons. The van der Waals surface area contributed by atoms with Crippen molar-refractivity contribution in [2.45, 2.75) is 37.8 Å². The van der Waals surface area contributed by atoms with Gasteiger partial charge in [-0.1, -0.05) is 24.6 Å². The van der Waals surface area contributed by atoms with Gasteiger partial charge in [-0.05, 0) is 32.4 Å². The second-order valence-corrected chi connectivity index (χ2v) is 7.52. The first-order chi connectivity index (χ1) is 9.21. The number of nitrogens with zero attached hydrogens (tertiary/aromatic N) is 3. The number of hydrogen-bond donors (Lipinski definition) is 0. The van der Waals surface area contributed by atoms with Crippen molar-refractivity contribution in [2.75, 3.05) is 7.05 Å².